The van der Waals surface area contributed by atoms with Gasteiger partial charge in [0.1, 0.15) is 23.5 Å². The molecule has 4 rings (SSSR count). The lowest BCUT2D eigenvalue weighted by molar-refractivity contribution is -0.151. The highest BCUT2D eigenvalue weighted by molar-refractivity contribution is 6.09. The number of esters is 1. The van der Waals surface area contributed by atoms with E-state index in [9.17, 15) is 9.59 Å². The lowest BCUT2D eigenvalue weighted by Gasteiger charge is -2.39. The molecule has 0 saturated heterocycles. The fraction of sp³-hybridized carbons (Fsp3) is 0.577. The highest BCUT2D eigenvalue weighted by Crippen LogP contribution is 2.50. The Morgan fingerprint density at radius 3 is 2.47 bits per heavy atom. The van der Waals surface area contributed by atoms with Gasteiger partial charge in [0.05, 0.1) is 14.2 Å². The maximum absolute atomic E-state index is 13.5. The third kappa shape index (κ3) is 4.19. The molecule has 1 aromatic carbocycles. The first-order valence-electron chi connectivity index (χ1n) is 11.5. The zero-order chi connectivity index (χ0) is 23.0. The molecular formula is C26H33NO5. The van der Waals surface area contributed by atoms with Crippen LogP contribution in [0.15, 0.2) is 34.5 Å². The molecule has 0 spiro atoms. The maximum Gasteiger partial charge on any atom is 0.315 e. The molecule has 3 aliphatic rings. The number of nitrogens with zero attached hydrogens (tertiary/aromatic N) is 1. The number of ether oxygens (including phenoxy) is 3. The molecular weight excluding hydrogens is 406 g/mol. The van der Waals surface area contributed by atoms with Crippen molar-refractivity contribution < 1.29 is 23.8 Å². The van der Waals surface area contributed by atoms with E-state index in [1.165, 1.54) is 0 Å². The summed E-state index contributed by atoms with van der Waals surface area (Å²) in [6, 6.07) is 5.54. The van der Waals surface area contributed by atoms with Crippen LogP contribution in [0.25, 0.3) is 0 Å². The summed E-state index contributed by atoms with van der Waals surface area (Å²) < 4.78 is 17.0. The molecule has 2 atom stereocenters. The summed E-state index contributed by atoms with van der Waals surface area (Å²) in [5.41, 5.74) is 2.74. The summed E-state index contributed by atoms with van der Waals surface area (Å²) in [6.45, 7) is 6.05. The molecule has 2 aliphatic carbocycles. The van der Waals surface area contributed by atoms with Crippen LogP contribution < -0.4 is 9.47 Å². The van der Waals surface area contributed by atoms with Crippen molar-refractivity contribution in [2.24, 2.45) is 16.3 Å². The first kappa shape index (κ1) is 22.6. The van der Waals surface area contributed by atoms with E-state index in [4.69, 9.17) is 19.2 Å². The van der Waals surface area contributed by atoms with Crippen molar-refractivity contribution >= 4 is 17.5 Å². The predicted molar refractivity (Wildman–Crippen MR) is 122 cm³/mol. The number of hydrogen-bond donors (Lipinski definition) is 0. The molecule has 0 N–H and O–H groups in total. The first-order valence-corrected chi connectivity index (χ1v) is 11.5. The van der Waals surface area contributed by atoms with Crippen molar-refractivity contribution in [1.29, 1.82) is 0 Å². The van der Waals surface area contributed by atoms with Crippen LogP contribution in [0.1, 0.15) is 70.8 Å². The Balaban J connectivity index is 1.83. The Kier molecular flexibility index (Phi) is 6.15. The van der Waals surface area contributed by atoms with Crippen LogP contribution in [0.4, 0.5) is 0 Å². The minimum absolute atomic E-state index is 0.0500. The Labute approximate surface area is 190 Å². The molecule has 6 nitrogen and oxygen atoms in total. The number of Topliss-reactive ketones (excluding diaryl/α,β-unsaturated/α-hetero) is 1. The van der Waals surface area contributed by atoms with Crippen LogP contribution in [0.5, 0.6) is 11.5 Å². The van der Waals surface area contributed by atoms with Gasteiger partial charge < -0.3 is 14.2 Å². The van der Waals surface area contributed by atoms with E-state index in [-0.39, 0.29) is 23.3 Å². The second kappa shape index (κ2) is 8.72. The van der Waals surface area contributed by atoms with Gasteiger partial charge in [-0.3, -0.25) is 14.6 Å². The van der Waals surface area contributed by atoms with Gasteiger partial charge in [-0.2, -0.15) is 0 Å². The molecule has 1 unspecified atom stereocenters. The minimum Gasteiger partial charge on any atom is -0.497 e. The van der Waals surface area contributed by atoms with Crippen molar-refractivity contribution in [1.82, 2.24) is 0 Å². The molecule has 1 heterocycles. The number of carbonyl (C=O) groups excluding carboxylic acids is 2. The Morgan fingerprint density at radius 1 is 1.09 bits per heavy atom. The average molecular weight is 440 g/mol. The van der Waals surface area contributed by atoms with Crippen molar-refractivity contribution in [3.63, 3.8) is 0 Å². The van der Waals surface area contributed by atoms with Crippen LogP contribution in [-0.4, -0.2) is 37.8 Å². The zero-order valence-electron chi connectivity index (χ0n) is 19.7. The quantitative estimate of drug-likeness (QED) is 0.603. The van der Waals surface area contributed by atoms with Gasteiger partial charge in [-0.15, -0.1) is 0 Å². The number of benzene rings is 1. The number of allylic oxidation sites excluding steroid dienone is 2. The molecule has 0 bridgehead atoms. The second-order valence-corrected chi connectivity index (χ2v) is 9.96. The van der Waals surface area contributed by atoms with E-state index in [0.29, 0.717) is 35.6 Å². The van der Waals surface area contributed by atoms with Gasteiger partial charge in [-0.25, -0.2) is 0 Å². The van der Waals surface area contributed by atoms with E-state index < -0.39 is 11.8 Å². The van der Waals surface area contributed by atoms with Gasteiger partial charge >= 0.3 is 5.97 Å². The summed E-state index contributed by atoms with van der Waals surface area (Å²) >= 11 is 0. The zero-order valence-corrected chi connectivity index (χ0v) is 19.7. The highest BCUT2D eigenvalue weighted by Gasteiger charge is 2.47. The van der Waals surface area contributed by atoms with E-state index in [2.05, 4.69) is 13.8 Å². The number of aliphatic imine (C=N–C) groups is 1. The SMILES string of the molecule is COc1ccc([C@@H]2C3=C(CC(C)(C)CC3=O)N=C(C)C2C(=O)OC2CCCC2)c(OC)c1. The third-order valence-corrected chi connectivity index (χ3v) is 6.92. The summed E-state index contributed by atoms with van der Waals surface area (Å²) in [4.78, 5) is 31.7. The van der Waals surface area contributed by atoms with Crippen molar-refractivity contribution in [3.05, 3.63) is 35.0 Å². The van der Waals surface area contributed by atoms with Gasteiger partial charge in [0.2, 0.25) is 0 Å². The molecule has 6 heteroatoms. The predicted octanol–water partition coefficient (Wildman–Crippen LogP) is 5.01. The first-order chi connectivity index (χ1) is 15.2. The van der Waals surface area contributed by atoms with Crippen LogP contribution in [0, 0.1) is 11.3 Å². The fourth-order valence-corrected chi connectivity index (χ4v) is 5.41. The van der Waals surface area contributed by atoms with Gasteiger partial charge in [0, 0.05) is 41.0 Å². The minimum atomic E-state index is -0.651. The third-order valence-electron chi connectivity index (χ3n) is 6.92. The summed E-state index contributed by atoms with van der Waals surface area (Å²) in [5, 5.41) is 0. The number of carbonyl (C=O) groups is 2. The molecule has 0 amide bonds. The number of methoxy groups -OCH3 is 2. The maximum atomic E-state index is 13.5. The molecule has 1 aromatic rings. The topological polar surface area (TPSA) is 74.2 Å². The summed E-state index contributed by atoms with van der Waals surface area (Å²) in [5.74, 6) is -0.142. The van der Waals surface area contributed by atoms with Crippen molar-refractivity contribution in [3.8, 4) is 11.5 Å². The Hall–Kier alpha value is -2.63. The average Bonchev–Trinajstić information content (AvgIpc) is 3.24. The van der Waals surface area contributed by atoms with Crippen LogP contribution >= 0.6 is 0 Å². The lowest BCUT2D eigenvalue weighted by Crippen LogP contribution is -2.40. The normalized spacial score (nSPS) is 25.3. The van der Waals surface area contributed by atoms with Crippen molar-refractivity contribution in [2.75, 3.05) is 14.2 Å². The second-order valence-electron chi connectivity index (χ2n) is 9.96. The molecule has 0 aromatic heterocycles. The van der Waals surface area contributed by atoms with Crippen molar-refractivity contribution in [2.45, 2.75) is 71.3 Å². The number of hydrogen-bond acceptors (Lipinski definition) is 6. The van der Waals surface area contributed by atoms with Gasteiger partial charge in [-0.05, 0) is 50.5 Å². The van der Waals surface area contributed by atoms with Gasteiger partial charge in [0.15, 0.2) is 5.78 Å². The van der Waals surface area contributed by atoms with Crippen LogP contribution in [0.2, 0.25) is 0 Å². The molecule has 1 aliphatic heterocycles. The Bertz CT molecular complexity index is 984. The lowest BCUT2D eigenvalue weighted by atomic mass is 9.66. The highest BCUT2D eigenvalue weighted by atomic mass is 16.5. The smallest absolute Gasteiger partial charge is 0.315 e. The molecule has 172 valence electrons. The Morgan fingerprint density at radius 2 is 1.81 bits per heavy atom. The molecule has 32 heavy (non-hydrogen) atoms. The largest absolute Gasteiger partial charge is 0.497 e. The van der Waals surface area contributed by atoms with E-state index >= 15 is 0 Å². The molecule has 1 saturated carbocycles. The van der Waals surface area contributed by atoms with E-state index in [1.807, 2.05) is 19.1 Å². The molecule has 0 radical (unpaired) electrons. The van der Waals surface area contributed by atoms with Crippen LogP contribution in [0.3, 0.4) is 0 Å². The monoisotopic (exact) mass is 439 g/mol. The number of rotatable bonds is 5. The van der Waals surface area contributed by atoms with Crippen LogP contribution in [-0.2, 0) is 14.3 Å². The molecule has 1 fully saturated rings. The van der Waals surface area contributed by atoms with Gasteiger partial charge in [-0.1, -0.05) is 19.9 Å². The summed E-state index contributed by atoms with van der Waals surface area (Å²) in [7, 11) is 3.19. The standard InChI is InChI=1S/C26H33NO5/c1-15-22(25(29)32-16-8-6-7-9-16)23(18-11-10-17(30-4)12-21(18)31-5)24-19(27-15)13-26(2,3)14-20(24)28/h10-12,16,22-23H,6-9,13-14H2,1-5H3/t22?,23-/m0/s1. The number of ketones is 1. The fourth-order valence-electron chi connectivity index (χ4n) is 5.41. The van der Waals surface area contributed by atoms with E-state index in [1.54, 1.807) is 20.3 Å². The van der Waals surface area contributed by atoms with Gasteiger partial charge in [0.25, 0.3) is 0 Å². The van der Waals surface area contributed by atoms with E-state index in [0.717, 1.165) is 36.9 Å². The summed E-state index contributed by atoms with van der Waals surface area (Å²) in [6.07, 6.45) is 5.02.